The molecule has 4 N–H and O–H groups in total. The zero-order valence-corrected chi connectivity index (χ0v) is 25.5. The molecular weight excluding hydrogens is 627 g/mol. The molecule has 2 aliphatic heterocycles. The summed E-state index contributed by atoms with van der Waals surface area (Å²) in [6.07, 6.45) is 1.92. The van der Waals surface area contributed by atoms with Crippen molar-refractivity contribution in [2.45, 2.75) is 35.2 Å². The number of carboxylic acids is 2. The third kappa shape index (κ3) is 5.66. The van der Waals surface area contributed by atoms with Crippen LogP contribution in [-0.4, -0.2) is 78.0 Å². The third-order valence-corrected chi connectivity index (χ3v) is 10.7. The van der Waals surface area contributed by atoms with Crippen LogP contribution in [0.2, 0.25) is 0 Å². The second kappa shape index (κ2) is 11.5. The number of nitrogen functional groups attached to an aromatic ring is 1. The second-order valence-corrected chi connectivity index (χ2v) is 13.8. The van der Waals surface area contributed by atoms with Crippen molar-refractivity contribution >= 4 is 91.1 Å². The number of thiazole rings is 2. The number of pyridine rings is 1. The second-order valence-electron chi connectivity index (χ2n) is 9.60. The number of nitrogens with one attached hydrogen (secondary N) is 1. The fraction of sp³-hybridized carbons (Fsp3) is 0.333. The number of amides is 2. The van der Waals surface area contributed by atoms with E-state index in [0.717, 1.165) is 30.9 Å². The van der Waals surface area contributed by atoms with E-state index in [1.54, 1.807) is 0 Å². The minimum Gasteiger partial charge on any atom is -0.543 e. The molecule has 0 radical (unpaired) electrons. The number of nitrogens with zero attached hydrogens (tertiary/aromatic N) is 5. The van der Waals surface area contributed by atoms with Crippen molar-refractivity contribution in [1.82, 2.24) is 20.2 Å². The molecule has 2 aliphatic rings. The van der Waals surface area contributed by atoms with Crippen molar-refractivity contribution in [1.29, 1.82) is 0 Å². The van der Waals surface area contributed by atoms with E-state index in [-0.39, 0.29) is 33.7 Å². The number of carbonyl (C=O) groups is 4. The first-order chi connectivity index (χ1) is 19.9. The van der Waals surface area contributed by atoms with E-state index in [1.165, 1.54) is 54.1 Å². The highest BCUT2D eigenvalue weighted by Crippen LogP contribution is 2.42. The topological polar surface area (TPSA) is 204 Å². The van der Waals surface area contributed by atoms with Gasteiger partial charge in [-0.25, -0.2) is 14.8 Å². The minimum absolute atomic E-state index is 0.0224. The van der Waals surface area contributed by atoms with Crippen molar-refractivity contribution in [3.8, 4) is 0 Å². The molecule has 3 aromatic heterocycles. The number of hydrogen-bond acceptors (Lipinski definition) is 14. The largest absolute Gasteiger partial charge is 0.543 e. The first kappa shape index (κ1) is 29.7. The van der Waals surface area contributed by atoms with Gasteiger partial charge in [-0.15, -0.1) is 23.1 Å². The lowest BCUT2D eigenvalue weighted by Crippen LogP contribution is -2.71. The molecule has 0 saturated carbocycles. The van der Waals surface area contributed by atoms with Gasteiger partial charge in [-0.3, -0.25) is 14.5 Å². The number of aromatic nitrogens is 3. The standard InChI is InChI=1S/C24H23N7O7S4/c1-24(2,21(36)37)38-29-13(12-9-40-22(25)26-12)16(32)28-14-17(33)31-15(20(34)35)10(7-39-19(14)31)8-41-23-27-11-5-4-6-30(3)18(11)42-23/h4-6,9,14,19H,7-8H2,1-3H3,(H4-,25,26,28,32,34,35,36,37)/b29-13-/t14?,19-/m0/s1. The summed E-state index contributed by atoms with van der Waals surface area (Å²) in [7, 11) is 1.92. The first-order valence-electron chi connectivity index (χ1n) is 12.1. The van der Waals surface area contributed by atoms with E-state index in [1.807, 2.05) is 29.9 Å². The number of aliphatic carboxylic acids is 2. The van der Waals surface area contributed by atoms with E-state index < -0.39 is 40.8 Å². The van der Waals surface area contributed by atoms with Crippen molar-refractivity contribution < 1.29 is 38.8 Å². The lowest BCUT2D eigenvalue weighted by atomic mass is 10.0. The van der Waals surface area contributed by atoms with Crippen LogP contribution in [0.1, 0.15) is 19.5 Å². The summed E-state index contributed by atoms with van der Waals surface area (Å²) >= 11 is 5.18. The van der Waals surface area contributed by atoms with Gasteiger partial charge in [0.2, 0.25) is 5.60 Å². The molecule has 2 amide bonds. The molecule has 0 aliphatic carbocycles. The van der Waals surface area contributed by atoms with Crippen LogP contribution in [0.3, 0.4) is 0 Å². The number of anilines is 1. The smallest absolute Gasteiger partial charge is 0.350 e. The molecule has 14 nitrogen and oxygen atoms in total. The Bertz CT molecular complexity index is 1680. The lowest BCUT2D eigenvalue weighted by molar-refractivity contribution is -0.642. The summed E-state index contributed by atoms with van der Waals surface area (Å²) in [5.74, 6) is -3.75. The fourth-order valence-corrected chi connectivity index (χ4v) is 8.10. The summed E-state index contributed by atoms with van der Waals surface area (Å²) < 4.78 is 2.71. The number of nitrogens with two attached hydrogens (primary N) is 1. The summed E-state index contributed by atoms with van der Waals surface area (Å²) in [5.41, 5.74) is 4.68. The van der Waals surface area contributed by atoms with Gasteiger partial charge < -0.3 is 30.9 Å². The zero-order valence-electron chi connectivity index (χ0n) is 22.2. The highest BCUT2D eigenvalue weighted by Gasteiger charge is 2.53. The molecular formula is C24H23N7O7S4. The average Bonchev–Trinajstić information content (AvgIpc) is 3.56. The number of oxime groups is 1. The Morgan fingerprint density at radius 1 is 1.38 bits per heavy atom. The maximum Gasteiger partial charge on any atom is 0.350 e. The minimum atomic E-state index is -1.76. The molecule has 18 heteroatoms. The Morgan fingerprint density at radius 2 is 2.14 bits per heavy atom. The highest BCUT2D eigenvalue weighted by atomic mass is 32.2. The van der Waals surface area contributed by atoms with E-state index in [2.05, 4.69) is 20.4 Å². The molecule has 0 bridgehead atoms. The van der Waals surface area contributed by atoms with Crippen LogP contribution < -0.4 is 20.7 Å². The summed E-state index contributed by atoms with van der Waals surface area (Å²) in [5, 5.41) is 28.6. The molecule has 5 rings (SSSR count). The predicted molar refractivity (Wildman–Crippen MR) is 154 cm³/mol. The molecule has 3 aromatic rings. The van der Waals surface area contributed by atoms with Crippen LogP contribution in [0.4, 0.5) is 5.13 Å². The van der Waals surface area contributed by atoms with Gasteiger partial charge >= 0.3 is 5.97 Å². The Balaban J connectivity index is 1.32. The fourth-order valence-electron chi connectivity index (χ4n) is 4.00. The van der Waals surface area contributed by atoms with Gasteiger partial charge in [0.1, 0.15) is 29.7 Å². The average molecular weight is 650 g/mol. The summed E-state index contributed by atoms with van der Waals surface area (Å²) in [6, 6.07) is 2.71. The van der Waals surface area contributed by atoms with Gasteiger partial charge in [0.25, 0.3) is 16.6 Å². The third-order valence-electron chi connectivity index (χ3n) is 6.26. The van der Waals surface area contributed by atoms with Gasteiger partial charge in [0.15, 0.2) is 21.4 Å². The highest BCUT2D eigenvalue weighted by molar-refractivity contribution is 8.02. The van der Waals surface area contributed by atoms with Crippen LogP contribution in [0.15, 0.2) is 44.5 Å². The predicted octanol–water partition coefficient (Wildman–Crippen LogP) is -0.0604. The van der Waals surface area contributed by atoms with E-state index in [4.69, 9.17) is 10.6 Å². The van der Waals surface area contributed by atoms with Gasteiger partial charge in [-0.05, 0) is 36.8 Å². The van der Waals surface area contributed by atoms with Crippen molar-refractivity contribution in [2.75, 3.05) is 17.2 Å². The maximum absolute atomic E-state index is 13.2. The number of fused-ring (bicyclic) bond motifs is 2. The Morgan fingerprint density at radius 3 is 2.79 bits per heavy atom. The number of carbonyl (C=O) groups excluding carboxylic acids is 3. The first-order valence-corrected chi connectivity index (χ1v) is 15.9. The lowest BCUT2D eigenvalue weighted by Gasteiger charge is -2.50. The van der Waals surface area contributed by atoms with E-state index >= 15 is 0 Å². The molecule has 0 aromatic carbocycles. The quantitative estimate of drug-likeness (QED) is 0.0869. The SMILES string of the molecule is C[n+]1cccc2nc(SCC3=C(C(=O)[O-])N4C(=O)C(NC(=O)/C(=N\OC(C)(C)C(=O)O)c5csc(N)n5)[C@@H]4SC3)sc21. The summed E-state index contributed by atoms with van der Waals surface area (Å²) in [6.45, 7) is 2.49. The van der Waals surface area contributed by atoms with Crippen molar-refractivity contribution in [3.63, 3.8) is 0 Å². The molecule has 1 fully saturated rings. The van der Waals surface area contributed by atoms with Crippen LogP contribution in [0, 0.1) is 0 Å². The molecule has 0 spiro atoms. The number of hydrogen-bond donors (Lipinski definition) is 3. The van der Waals surface area contributed by atoms with Crippen LogP contribution in [-0.2, 0) is 31.1 Å². The van der Waals surface area contributed by atoms with Crippen LogP contribution in [0.25, 0.3) is 10.3 Å². The maximum atomic E-state index is 13.2. The Hall–Kier alpha value is -3.74. The van der Waals surface area contributed by atoms with Gasteiger partial charge in [0, 0.05) is 23.0 Å². The number of β-lactam (4-membered cyclic amide) rings is 1. The van der Waals surface area contributed by atoms with Gasteiger partial charge in [-0.1, -0.05) is 16.9 Å². The Labute approximate surface area is 254 Å². The number of rotatable bonds is 10. The molecule has 1 saturated heterocycles. The molecule has 220 valence electrons. The molecule has 42 heavy (non-hydrogen) atoms. The van der Waals surface area contributed by atoms with E-state index in [0.29, 0.717) is 5.57 Å². The molecule has 2 atom stereocenters. The van der Waals surface area contributed by atoms with Crippen LogP contribution >= 0.6 is 46.2 Å². The number of thioether (sulfide) groups is 2. The van der Waals surface area contributed by atoms with Crippen LogP contribution in [0.5, 0.6) is 0 Å². The monoisotopic (exact) mass is 649 g/mol. The summed E-state index contributed by atoms with van der Waals surface area (Å²) in [4.78, 5) is 65.8. The number of aryl methyl sites for hydroxylation is 1. The Kier molecular flexibility index (Phi) is 8.15. The normalized spacial score (nSPS) is 19.0. The molecule has 1 unspecified atom stereocenters. The zero-order chi connectivity index (χ0) is 30.3. The van der Waals surface area contributed by atoms with Gasteiger partial charge in [-0.2, -0.15) is 4.57 Å². The molecule has 5 heterocycles. The van der Waals surface area contributed by atoms with Crippen molar-refractivity contribution in [2.24, 2.45) is 12.2 Å². The number of carboxylic acid groups (broad SMARTS) is 2. The van der Waals surface area contributed by atoms with Gasteiger partial charge in [0.05, 0.1) is 11.7 Å². The van der Waals surface area contributed by atoms with E-state index in [9.17, 15) is 29.4 Å². The van der Waals surface area contributed by atoms with Crippen molar-refractivity contribution in [3.05, 3.63) is 40.7 Å².